The Kier molecular flexibility index (Phi) is 13.4. The van der Waals surface area contributed by atoms with Crippen LogP contribution in [0.3, 0.4) is 0 Å². The summed E-state index contributed by atoms with van der Waals surface area (Å²) in [5.74, 6) is 0.474. The summed E-state index contributed by atoms with van der Waals surface area (Å²) < 4.78 is 5.37. The van der Waals surface area contributed by atoms with Crippen molar-refractivity contribution in [3.05, 3.63) is 65.7 Å². The number of carbonyl (C=O) groups excluding carboxylic acids is 1. The van der Waals surface area contributed by atoms with E-state index in [4.69, 9.17) is 10.5 Å². The highest BCUT2D eigenvalue weighted by atomic mass is 35.5. The fraction of sp³-hybridized carbons (Fsp3) is 0.435. The SMILES string of the molecule is CCN(CC)C(CNC(=O)C(C)C(N)c1ccccc1)c1cccc(OC)c1.Cl.Cl. The van der Waals surface area contributed by atoms with Crippen LogP contribution in [0, 0.1) is 5.92 Å². The number of carbonyl (C=O) groups is 1. The van der Waals surface area contributed by atoms with Crippen LogP contribution in [0.4, 0.5) is 0 Å². The molecule has 5 nitrogen and oxygen atoms in total. The summed E-state index contributed by atoms with van der Waals surface area (Å²) in [4.78, 5) is 15.1. The van der Waals surface area contributed by atoms with Gasteiger partial charge in [0.1, 0.15) is 5.75 Å². The van der Waals surface area contributed by atoms with Gasteiger partial charge in [0.05, 0.1) is 19.1 Å². The molecule has 0 radical (unpaired) electrons. The first kappa shape index (κ1) is 28.2. The molecule has 2 rings (SSSR count). The molecule has 1 amide bonds. The first-order valence-corrected chi connectivity index (χ1v) is 9.98. The highest BCUT2D eigenvalue weighted by molar-refractivity contribution is 5.85. The van der Waals surface area contributed by atoms with Gasteiger partial charge in [-0.25, -0.2) is 0 Å². The standard InChI is InChI=1S/C23H33N3O2.2ClH/c1-5-26(6-2)21(19-13-10-14-20(15-19)28-4)16-25-23(27)17(3)22(24)18-11-8-7-9-12-18;;/h7-15,17,21-22H,5-6,16,24H2,1-4H3,(H,25,27);2*1H. The lowest BCUT2D eigenvalue weighted by atomic mass is 9.94. The maximum Gasteiger partial charge on any atom is 0.224 e. The number of amides is 1. The van der Waals surface area contributed by atoms with Gasteiger partial charge < -0.3 is 15.8 Å². The maximum atomic E-state index is 12.8. The number of nitrogens with zero attached hydrogens (tertiary/aromatic N) is 1. The zero-order valence-electron chi connectivity index (χ0n) is 18.2. The average Bonchev–Trinajstić information content (AvgIpc) is 2.75. The molecular formula is C23H35Cl2N3O2. The van der Waals surface area contributed by atoms with Crippen molar-refractivity contribution in [3.8, 4) is 5.75 Å². The average molecular weight is 456 g/mol. The van der Waals surface area contributed by atoms with Crippen LogP contribution in [0.25, 0.3) is 0 Å². The predicted molar refractivity (Wildman–Crippen MR) is 129 cm³/mol. The van der Waals surface area contributed by atoms with Gasteiger partial charge in [0.2, 0.25) is 5.91 Å². The molecule has 2 aromatic carbocycles. The number of nitrogens with one attached hydrogen (secondary N) is 1. The third-order valence-electron chi connectivity index (χ3n) is 5.34. The van der Waals surface area contributed by atoms with Crippen molar-refractivity contribution >= 4 is 30.7 Å². The van der Waals surface area contributed by atoms with Gasteiger partial charge in [-0.05, 0) is 36.3 Å². The first-order chi connectivity index (χ1) is 13.5. The fourth-order valence-electron chi connectivity index (χ4n) is 3.46. The second-order valence-electron chi connectivity index (χ2n) is 6.98. The molecule has 0 saturated carbocycles. The van der Waals surface area contributed by atoms with E-state index in [2.05, 4.69) is 30.1 Å². The van der Waals surface area contributed by atoms with E-state index in [9.17, 15) is 4.79 Å². The Balaban J connectivity index is 0.00000420. The van der Waals surface area contributed by atoms with E-state index in [1.807, 2.05) is 55.5 Å². The van der Waals surface area contributed by atoms with Gasteiger partial charge in [0.25, 0.3) is 0 Å². The minimum Gasteiger partial charge on any atom is -0.497 e. The van der Waals surface area contributed by atoms with E-state index < -0.39 is 0 Å². The summed E-state index contributed by atoms with van der Waals surface area (Å²) in [5, 5.41) is 3.12. The summed E-state index contributed by atoms with van der Waals surface area (Å²) >= 11 is 0. The molecule has 0 spiro atoms. The lowest BCUT2D eigenvalue weighted by molar-refractivity contribution is -0.125. The van der Waals surface area contributed by atoms with Crippen LogP contribution < -0.4 is 15.8 Å². The molecule has 3 N–H and O–H groups in total. The Labute approximate surface area is 193 Å². The molecule has 168 valence electrons. The fourth-order valence-corrected chi connectivity index (χ4v) is 3.46. The van der Waals surface area contributed by atoms with Crippen LogP contribution in [-0.2, 0) is 4.79 Å². The topological polar surface area (TPSA) is 67.6 Å². The number of nitrogens with two attached hydrogens (primary N) is 1. The van der Waals surface area contributed by atoms with E-state index in [0.717, 1.165) is 30.0 Å². The number of rotatable bonds is 10. The molecule has 0 heterocycles. The van der Waals surface area contributed by atoms with Gasteiger partial charge in [-0.2, -0.15) is 0 Å². The van der Waals surface area contributed by atoms with Gasteiger partial charge in [0.15, 0.2) is 0 Å². The number of hydrogen-bond acceptors (Lipinski definition) is 4. The van der Waals surface area contributed by atoms with Crippen LogP contribution in [0.1, 0.15) is 44.0 Å². The molecule has 0 aliphatic heterocycles. The highest BCUT2D eigenvalue weighted by Crippen LogP contribution is 2.24. The summed E-state index contributed by atoms with van der Waals surface area (Å²) in [6.07, 6.45) is 0. The quantitative estimate of drug-likeness (QED) is 0.557. The second-order valence-corrected chi connectivity index (χ2v) is 6.98. The Morgan fingerprint density at radius 1 is 1.03 bits per heavy atom. The molecule has 3 unspecified atom stereocenters. The molecule has 0 bridgehead atoms. The molecule has 0 aliphatic rings. The molecule has 0 aromatic heterocycles. The van der Waals surface area contributed by atoms with Crippen molar-refractivity contribution in [1.29, 1.82) is 0 Å². The Bertz CT molecular complexity index is 742. The number of hydrogen-bond donors (Lipinski definition) is 2. The summed E-state index contributed by atoms with van der Waals surface area (Å²) in [6.45, 7) is 8.46. The molecule has 3 atom stereocenters. The van der Waals surface area contributed by atoms with Crippen molar-refractivity contribution in [3.63, 3.8) is 0 Å². The molecule has 30 heavy (non-hydrogen) atoms. The lowest BCUT2D eigenvalue weighted by Gasteiger charge is -2.31. The van der Waals surface area contributed by atoms with Gasteiger partial charge in [-0.1, -0.05) is 63.2 Å². The third kappa shape index (κ3) is 7.47. The van der Waals surface area contributed by atoms with E-state index in [1.165, 1.54) is 0 Å². The number of halogens is 2. The molecule has 0 fully saturated rings. The van der Waals surface area contributed by atoms with Crippen LogP contribution in [-0.4, -0.2) is 37.6 Å². The maximum absolute atomic E-state index is 12.8. The smallest absolute Gasteiger partial charge is 0.224 e. The van der Waals surface area contributed by atoms with Crippen LogP contribution in [0.15, 0.2) is 54.6 Å². The molecule has 2 aromatic rings. The van der Waals surface area contributed by atoms with Crippen molar-refractivity contribution in [2.45, 2.75) is 32.9 Å². The number of methoxy groups -OCH3 is 1. The van der Waals surface area contributed by atoms with Gasteiger partial charge >= 0.3 is 0 Å². The largest absolute Gasteiger partial charge is 0.497 e. The third-order valence-corrected chi connectivity index (χ3v) is 5.34. The van der Waals surface area contributed by atoms with Crippen LogP contribution >= 0.6 is 24.8 Å². The summed E-state index contributed by atoms with van der Waals surface area (Å²) in [5.41, 5.74) is 8.42. The molecule has 7 heteroatoms. The van der Waals surface area contributed by atoms with Crippen molar-refractivity contribution in [2.75, 3.05) is 26.7 Å². The Morgan fingerprint density at radius 2 is 1.63 bits per heavy atom. The van der Waals surface area contributed by atoms with Crippen molar-refractivity contribution < 1.29 is 9.53 Å². The van der Waals surface area contributed by atoms with Crippen LogP contribution in [0.5, 0.6) is 5.75 Å². The van der Waals surface area contributed by atoms with Gasteiger partial charge in [-0.3, -0.25) is 9.69 Å². The molecule has 0 saturated heterocycles. The number of benzene rings is 2. The van der Waals surface area contributed by atoms with Crippen molar-refractivity contribution in [1.82, 2.24) is 10.2 Å². The number of ether oxygens (including phenoxy) is 1. The van der Waals surface area contributed by atoms with Gasteiger partial charge in [0, 0.05) is 12.6 Å². The zero-order chi connectivity index (χ0) is 20.5. The predicted octanol–water partition coefficient (Wildman–Crippen LogP) is 4.37. The summed E-state index contributed by atoms with van der Waals surface area (Å²) in [7, 11) is 1.67. The minimum absolute atomic E-state index is 0. The number of likely N-dealkylation sites (N-methyl/N-ethyl adjacent to an activating group) is 1. The van der Waals surface area contributed by atoms with Crippen LogP contribution in [0.2, 0.25) is 0 Å². The molecule has 0 aliphatic carbocycles. The zero-order valence-corrected chi connectivity index (χ0v) is 19.8. The Hall–Kier alpha value is -1.79. The highest BCUT2D eigenvalue weighted by Gasteiger charge is 2.24. The minimum atomic E-state index is -0.329. The normalized spacial score (nSPS) is 13.4. The van der Waals surface area contributed by atoms with Gasteiger partial charge in [-0.15, -0.1) is 24.8 Å². The van der Waals surface area contributed by atoms with E-state index in [0.29, 0.717) is 6.54 Å². The second kappa shape index (κ2) is 14.3. The van der Waals surface area contributed by atoms with E-state index in [1.54, 1.807) is 7.11 Å². The van der Waals surface area contributed by atoms with E-state index >= 15 is 0 Å². The lowest BCUT2D eigenvalue weighted by Crippen LogP contribution is -2.41. The molecular weight excluding hydrogens is 421 g/mol. The monoisotopic (exact) mass is 455 g/mol. The summed E-state index contributed by atoms with van der Waals surface area (Å²) in [6, 6.07) is 17.5. The van der Waals surface area contributed by atoms with E-state index in [-0.39, 0.29) is 48.7 Å². The first-order valence-electron chi connectivity index (χ1n) is 9.98. The Morgan fingerprint density at radius 3 is 2.20 bits per heavy atom. The van der Waals surface area contributed by atoms with Crippen molar-refractivity contribution in [2.24, 2.45) is 11.7 Å².